The molecule has 3 heterocycles. The minimum Gasteiger partial charge on any atom is -0.144 e. The summed E-state index contributed by atoms with van der Waals surface area (Å²) in [4.78, 5) is 4.13. The normalized spacial score (nSPS) is 11.2. The van der Waals surface area contributed by atoms with Gasteiger partial charge >= 0.3 is 0 Å². The van der Waals surface area contributed by atoms with Crippen molar-refractivity contribution in [3.63, 3.8) is 0 Å². The van der Waals surface area contributed by atoms with Crippen LogP contribution in [0.2, 0.25) is 0 Å². The number of rotatable bonds is 2. The maximum atomic E-state index is 2.23. The second-order valence-corrected chi connectivity index (χ2v) is 7.20. The molecule has 0 saturated heterocycles. The predicted molar refractivity (Wildman–Crippen MR) is 88.5 cm³/mol. The average molecular weight is 298 g/mol. The van der Waals surface area contributed by atoms with Crippen molar-refractivity contribution in [2.24, 2.45) is 0 Å². The smallest absolute Gasteiger partial charge is 0.0541 e. The molecule has 3 aromatic heterocycles. The van der Waals surface area contributed by atoms with Crippen LogP contribution in [0.15, 0.2) is 59.3 Å². The third-order valence-electron chi connectivity index (χ3n) is 3.11. The molecule has 0 unspecified atom stereocenters. The van der Waals surface area contributed by atoms with Crippen molar-refractivity contribution in [3.05, 3.63) is 59.3 Å². The van der Waals surface area contributed by atoms with Crippen LogP contribution in [0, 0.1) is 0 Å². The summed E-state index contributed by atoms with van der Waals surface area (Å²) >= 11 is 5.53. The summed E-state index contributed by atoms with van der Waals surface area (Å²) in [5.41, 5.74) is 1.40. The van der Waals surface area contributed by atoms with Crippen molar-refractivity contribution in [1.29, 1.82) is 0 Å². The van der Waals surface area contributed by atoms with E-state index in [1.165, 1.54) is 30.3 Å². The lowest BCUT2D eigenvalue weighted by Gasteiger charge is -2.00. The van der Waals surface area contributed by atoms with Gasteiger partial charge in [0.15, 0.2) is 0 Å². The molecule has 0 atom stereocenters. The first-order valence-corrected chi connectivity index (χ1v) is 8.60. The molecule has 3 heteroatoms. The maximum absolute atomic E-state index is 2.23. The molecule has 4 rings (SSSR count). The van der Waals surface area contributed by atoms with E-state index >= 15 is 0 Å². The molecule has 19 heavy (non-hydrogen) atoms. The maximum Gasteiger partial charge on any atom is 0.0541 e. The van der Waals surface area contributed by atoms with Crippen molar-refractivity contribution in [2.75, 3.05) is 0 Å². The van der Waals surface area contributed by atoms with Crippen LogP contribution in [-0.4, -0.2) is 0 Å². The molecule has 0 aliphatic rings. The van der Waals surface area contributed by atoms with Gasteiger partial charge in [0, 0.05) is 25.4 Å². The number of hydrogen-bond acceptors (Lipinski definition) is 3. The fourth-order valence-corrected chi connectivity index (χ4v) is 5.22. The SMILES string of the molecule is c1csc(-c2sc3ccccc3c2-c2cccs2)c1. The highest BCUT2D eigenvalue weighted by molar-refractivity contribution is 7.27. The Hall–Kier alpha value is -1.42. The first-order valence-electron chi connectivity index (χ1n) is 6.03. The third-order valence-corrected chi connectivity index (χ3v) is 6.22. The monoisotopic (exact) mass is 298 g/mol. The molecule has 0 amide bonds. The number of thiophene rings is 3. The second kappa shape index (κ2) is 4.60. The Morgan fingerprint density at radius 1 is 0.684 bits per heavy atom. The van der Waals surface area contributed by atoms with E-state index in [2.05, 4.69) is 59.3 Å². The number of fused-ring (bicyclic) bond motifs is 1. The largest absolute Gasteiger partial charge is 0.144 e. The van der Waals surface area contributed by atoms with Crippen molar-refractivity contribution >= 4 is 44.1 Å². The van der Waals surface area contributed by atoms with Crippen molar-refractivity contribution in [2.45, 2.75) is 0 Å². The summed E-state index contributed by atoms with van der Waals surface area (Å²) in [5.74, 6) is 0. The van der Waals surface area contributed by atoms with Gasteiger partial charge in [-0.3, -0.25) is 0 Å². The van der Waals surface area contributed by atoms with Gasteiger partial charge in [-0.05, 0) is 29.0 Å². The van der Waals surface area contributed by atoms with E-state index in [0.29, 0.717) is 0 Å². The summed E-state index contributed by atoms with van der Waals surface area (Å²) in [6.45, 7) is 0. The van der Waals surface area contributed by atoms with Gasteiger partial charge < -0.3 is 0 Å². The fraction of sp³-hybridized carbons (Fsp3) is 0. The minimum absolute atomic E-state index is 1.36. The Kier molecular flexibility index (Phi) is 2.76. The molecule has 0 radical (unpaired) electrons. The van der Waals surface area contributed by atoms with Gasteiger partial charge in [0.1, 0.15) is 0 Å². The molecule has 0 spiro atoms. The molecular formula is C16H10S3. The first kappa shape index (κ1) is 11.4. The molecule has 0 bridgehead atoms. The molecule has 0 N–H and O–H groups in total. The average Bonchev–Trinajstić information content (AvgIpc) is 3.17. The van der Waals surface area contributed by atoms with E-state index in [1.807, 2.05) is 34.0 Å². The van der Waals surface area contributed by atoms with Crippen LogP contribution in [0.5, 0.6) is 0 Å². The summed E-state index contributed by atoms with van der Waals surface area (Å²) in [7, 11) is 0. The van der Waals surface area contributed by atoms with Gasteiger partial charge in [0.2, 0.25) is 0 Å². The Balaban J connectivity index is 2.10. The minimum atomic E-state index is 1.36. The molecule has 92 valence electrons. The summed E-state index contributed by atoms with van der Waals surface area (Å²) < 4.78 is 1.37. The molecule has 0 saturated carbocycles. The number of hydrogen-bond donors (Lipinski definition) is 0. The van der Waals surface area contributed by atoms with Gasteiger partial charge in [-0.25, -0.2) is 0 Å². The molecule has 0 fully saturated rings. The lowest BCUT2D eigenvalue weighted by molar-refractivity contribution is 1.83. The summed E-state index contributed by atoms with van der Waals surface area (Å²) in [6, 6.07) is 17.4. The Labute approximate surface area is 123 Å². The Morgan fingerprint density at radius 3 is 2.16 bits per heavy atom. The summed E-state index contributed by atoms with van der Waals surface area (Å²) in [5, 5.41) is 5.68. The standard InChI is InChI=1S/C16H10S3/c1-2-6-12-11(5-1)15(13-7-3-9-17-13)16(19-12)14-8-4-10-18-14/h1-10H. The van der Waals surface area contributed by atoms with Crippen LogP contribution >= 0.6 is 34.0 Å². The fourth-order valence-electron chi connectivity index (χ4n) is 2.29. The van der Waals surface area contributed by atoms with Crippen LogP contribution in [-0.2, 0) is 0 Å². The van der Waals surface area contributed by atoms with E-state index in [1.54, 1.807) is 0 Å². The van der Waals surface area contributed by atoms with Crippen molar-refractivity contribution in [3.8, 4) is 20.2 Å². The van der Waals surface area contributed by atoms with Crippen LogP contribution in [0.3, 0.4) is 0 Å². The van der Waals surface area contributed by atoms with Gasteiger partial charge in [-0.2, -0.15) is 0 Å². The van der Waals surface area contributed by atoms with E-state index < -0.39 is 0 Å². The van der Waals surface area contributed by atoms with Gasteiger partial charge in [-0.15, -0.1) is 34.0 Å². The van der Waals surface area contributed by atoms with Gasteiger partial charge in [0.25, 0.3) is 0 Å². The molecular weight excluding hydrogens is 288 g/mol. The zero-order valence-electron chi connectivity index (χ0n) is 10.00. The van der Waals surface area contributed by atoms with Crippen LogP contribution in [0.1, 0.15) is 0 Å². The lowest BCUT2D eigenvalue weighted by atomic mass is 10.1. The van der Waals surface area contributed by atoms with E-state index in [0.717, 1.165) is 0 Å². The quantitative estimate of drug-likeness (QED) is 0.404. The zero-order valence-corrected chi connectivity index (χ0v) is 12.4. The molecule has 0 nitrogen and oxygen atoms in total. The highest BCUT2D eigenvalue weighted by Crippen LogP contribution is 2.47. The summed E-state index contributed by atoms with van der Waals surface area (Å²) in [6.07, 6.45) is 0. The van der Waals surface area contributed by atoms with Crippen molar-refractivity contribution in [1.82, 2.24) is 0 Å². The topological polar surface area (TPSA) is 0 Å². The van der Waals surface area contributed by atoms with Crippen LogP contribution in [0.25, 0.3) is 30.3 Å². The van der Waals surface area contributed by atoms with E-state index in [9.17, 15) is 0 Å². The van der Waals surface area contributed by atoms with Crippen molar-refractivity contribution < 1.29 is 0 Å². The Morgan fingerprint density at radius 2 is 1.42 bits per heavy atom. The Bertz CT molecular complexity index is 805. The number of benzene rings is 1. The van der Waals surface area contributed by atoms with E-state index in [4.69, 9.17) is 0 Å². The molecule has 1 aromatic carbocycles. The van der Waals surface area contributed by atoms with Crippen LogP contribution < -0.4 is 0 Å². The van der Waals surface area contributed by atoms with E-state index in [-0.39, 0.29) is 0 Å². The third kappa shape index (κ3) is 1.86. The molecule has 0 aliphatic heterocycles. The molecule has 4 aromatic rings. The predicted octanol–water partition coefficient (Wildman–Crippen LogP) is 6.36. The van der Waals surface area contributed by atoms with Gasteiger partial charge in [0.05, 0.1) is 4.88 Å². The molecule has 0 aliphatic carbocycles. The second-order valence-electron chi connectivity index (χ2n) is 4.26. The van der Waals surface area contributed by atoms with Gasteiger partial charge in [-0.1, -0.05) is 30.3 Å². The highest BCUT2D eigenvalue weighted by Gasteiger charge is 2.16. The first-order chi connectivity index (χ1) is 9.43. The lowest BCUT2D eigenvalue weighted by Crippen LogP contribution is -1.73. The zero-order chi connectivity index (χ0) is 12.7. The highest BCUT2D eigenvalue weighted by atomic mass is 32.1. The van der Waals surface area contributed by atoms with Crippen LogP contribution in [0.4, 0.5) is 0 Å².